The first-order valence-electron chi connectivity index (χ1n) is 32.5. The Morgan fingerprint density at radius 1 is 0.274 bits per heavy atom. The number of benzene rings is 2. The maximum atomic E-state index is 12.8. The monoisotopic (exact) mass is 1370 g/mol. The van der Waals surface area contributed by atoms with Gasteiger partial charge in [0.15, 0.2) is 13.6 Å². The average Bonchev–Trinajstić information content (AvgIpc) is 0.811. The van der Waals surface area contributed by atoms with Crippen LogP contribution in [-0.4, -0.2) is 345 Å². The molecular formula is C66H112O29. The second-order valence-electron chi connectivity index (χ2n) is 19.3. The number of carbonyl (C=O) groups excluding carboxylic acids is 1. The van der Waals surface area contributed by atoms with Crippen molar-refractivity contribution in [2.24, 2.45) is 0 Å². The fourth-order valence-electron chi connectivity index (χ4n) is 7.33. The van der Waals surface area contributed by atoms with Crippen LogP contribution in [-0.2, 0) is 123 Å². The van der Waals surface area contributed by atoms with Crippen molar-refractivity contribution in [3.63, 3.8) is 0 Å². The van der Waals surface area contributed by atoms with Crippen molar-refractivity contribution in [1.29, 1.82) is 0 Å². The fraction of sp³-hybridized carbons (Fsp3) is 0.773. The van der Waals surface area contributed by atoms with Gasteiger partial charge in [0.25, 0.3) is 0 Å². The molecule has 2 aromatic rings. The molecule has 550 valence electrons. The third-order valence-corrected chi connectivity index (χ3v) is 12.0. The molecule has 0 spiro atoms. The Bertz CT molecular complexity index is 1990. The van der Waals surface area contributed by atoms with Gasteiger partial charge in [-0.05, 0) is 36.4 Å². The highest BCUT2D eigenvalue weighted by molar-refractivity contribution is 5.91. The van der Waals surface area contributed by atoms with Crippen molar-refractivity contribution in [2.75, 3.05) is 339 Å². The summed E-state index contributed by atoms with van der Waals surface area (Å²) in [7, 11) is 4.67. The second kappa shape index (κ2) is 71.4. The van der Waals surface area contributed by atoms with Crippen molar-refractivity contribution < 1.29 is 137 Å². The minimum Gasteiger partial charge on any atom is -0.467 e. The molecule has 2 rings (SSSR count). The zero-order valence-corrected chi connectivity index (χ0v) is 56.8. The first-order chi connectivity index (χ1) is 47.1. The smallest absolute Gasteiger partial charge is 0.338 e. The number of rotatable bonds is 77. The molecule has 0 saturated heterocycles. The molecule has 0 saturated carbocycles. The Morgan fingerprint density at radius 3 is 0.705 bits per heavy atom. The van der Waals surface area contributed by atoms with Gasteiger partial charge in [-0.2, -0.15) is 0 Å². The maximum Gasteiger partial charge on any atom is 0.338 e. The Kier molecular flexibility index (Phi) is 65.5. The molecule has 0 aliphatic carbocycles. The van der Waals surface area contributed by atoms with Gasteiger partial charge in [0.1, 0.15) is 18.1 Å². The summed E-state index contributed by atoms with van der Waals surface area (Å²) in [5.41, 5.74) is 2.29. The van der Waals surface area contributed by atoms with E-state index in [1.807, 2.05) is 6.07 Å². The number of hydrogen-bond acceptors (Lipinski definition) is 29. The van der Waals surface area contributed by atoms with Crippen LogP contribution < -0.4 is 9.47 Å². The standard InChI is InChI=1S/C66H112O29/c1-5-60-6-8-62(64(56-60)94-58-69-3)63-9-7-61(57-65(63)95-59-70-4)66(67)93-55-54-92-53-52-91-51-50-90-49-48-89-47-46-88-45-44-87-43-42-86-41-40-85-39-38-84-37-36-83-35-34-82-33-32-81-31-30-80-29-28-79-27-26-78-25-24-77-23-22-76-21-20-75-19-18-74-17-16-73-15-14-72-13-12-71-11-10-68-2/h1,6-9,56-57H,10-55,58-59H2,2-4H3. The first kappa shape index (κ1) is 87.2. The Labute approximate surface area is 563 Å². The highest BCUT2D eigenvalue weighted by Crippen LogP contribution is 2.38. The van der Waals surface area contributed by atoms with Gasteiger partial charge in [0, 0.05) is 38.0 Å². The third kappa shape index (κ3) is 56.6. The van der Waals surface area contributed by atoms with E-state index in [1.54, 1.807) is 37.4 Å². The predicted octanol–water partition coefficient (Wildman–Crippen LogP) is 3.47. The van der Waals surface area contributed by atoms with Crippen molar-refractivity contribution in [2.45, 2.75) is 0 Å². The minimum absolute atomic E-state index is 0.0197. The van der Waals surface area contributed by atoms with Gasteiger partial charge in [-0.3, -0.25) is 0 Å². The predicted molar refractivity (Wildman–Crippen MR) is 345 cm³/mol. The van der Waals surface area contributed by atoms with Crippen LogP contribution in [0.25, 0.3) is 11.1 Å². The number of terminal acetylenes is 1. The summed E-state index contributed by atoms with van der Waals surface area (Å²) in [5.74, 6) is 2.96. The summed E-state index contributed by atoms with van der Waals surface area (Å²) in [6.45, 7) is 21.2. The lowest BCUT2D eigenvalue weighted by molar-refractivity contribution is -0.0319. The van der Waals surface area contributed by atoms with Crippen LogP contribution >= 0.6 is 0 Å². The van der Waals surface area contributed by atoms with E-state index in [4.69, 9.17) is 139 Å². The van der Waals surface area contributed by atoms with Gasteiger partial charge in [-0.1, -0.05) is 5.92 Å². The Morgan fingerprint density at radius 2 is 0.484 bits per heavy atom. The van der Waals surface area contributed by atoms with Crippen LogP contribution in [0.5, 0.6) is 11.5 Å². The molecule has 0 amide bonds. The lowest BCUT2D eigenvalue weighted by Gasteiger charge is -2.16. The normalized spacial score (nSPS) is 11.5. The van der Waals surface area contributed by atoms with E-state index in [-0.39, 0.29) is 26.8 Å². The van der Waals surface area contributed by atoms with Crippen LogP contribution in [0.1, 0.15) is 15.9 Å². The molecular weight excluding hydrogens is 1260 g/mol. The van der Waals surface area contributed by atoms with Crippen LogP contribution in [0, 0.1) is 12.3 Å². The highest BCUT2D eigenvalue weighted by atomic mass is 16.7. The molecule has 0 heterocycles. The quantitative estimate of drug-likeness (QED) is 0.0397. The van der Waals surface area contributed by atoms with E-state index in [1.165, 1.54) is 14.2 Å². The fourth-order valence-corrected chi connectivity index (χ4v) is 7.33. The molecule has 29 nitrogen and oxygen atoms in total. The number of esters is 1. The zero-order valence-electron chi connectivity index (χ0n) is 56.8. The van der Waals surface area contributed by atoms with Crippen LogP contribution in [0.2, 0.25) is 0 Å². The van der Waals surface area contributed by atoms with Crippen LogP contribution in [0.4, 0.5) is 0 Å². The molecule has 29 heteroatoms. The van der Waals surface area contributed by atoms with Crippen molar-refractivity contribution in [3.8, 4) is 35.0 Å². The van der Waals surface area contributed by atoms with Crippen molar-refractivity contribution in [3.05, 3.63) is 47.5 Å². The molecule has 0 aliphatic rings. The molecule has 0 bridgehead atoms. The number of methoxy groups -OCH3 is 3. The molecule has 0 unspecified atom stereocenters. The van der Waals surface area contributed by atoms with E-state index in [0.29, 0.717) is 324 Å². The number of hydrogen-bond donors (Lipinski definition) is 0. The van der Waals surface area contributed by atoms with Crippen LogP contribution in [0.15, 0.2) is 36.4 Å². The molecule has 0 radical (unpaired) electrons. The van der Waals surface area contributed by atoms with Gasteiger partial charge in [0.05, 0.1) is 303 Å². The largest absolute Gasteiger partial charge is 0.467 e. The zero-order chi connectivity index (χ0) is 67.7. The molecule has 0 N–H and O–H groups in total. The van der Waals surface area contributed by atoms with E-state index in [2.05, 4.69) is 5.92 Å². The van der Waals surface area contributed by atoms with E-state index < -0.39 is 5.97 Å². The summed E-state index contributed by atoms with van der Waals surface area (Å²) in [5, 5.41) is 0. The van der Waals surface area contributed by atoms with Gasteiger partial charge >= 0.3 is 5.97 Å². The SMILES string of the molecule is C#Cc1ccc(-c2ccc(C(=O)OCCOCCOCCOCCOCCOCCOCCOCCOCCOCCOCCOCCOCCOCCOCCOCCOCCOCCOCCOCCOCCOCCOCCOC)cc2OCOC)c(OCOC)c1. The molecule has 0 fully saturated rings. The van der Waals surface area contributed by atoms with Gasteiger partial charge in [-0.25, -0.2) is 4.79 Å². The van der Waals surface area contributed by atoms with Crippen molar-refractivity contribution in [1.82, 2.24) is 0 Å². The Balaban J connectivity index is 1.17. The second-order valence-corrected chi connectivity index (χ2v) is 19.3. The topological polar surface area (TPSA) is 276 Å². The van der Waals surface area contributed by atoms with E-state index in [0.717, 1.165) is 0 Å². The molecule has 95 heavy (non-hydrogen) atoms. The van der Waals surface area contributed by atoms with Crippen LogP contribution in [0.3, 0.4) is 0 Å². The first-order valence-corrected chi connectivity index (χ1v) is 32.5. The summed E-state index contributed by atoms with van der Waals surface area (Å²) in [4.78, 5) is 12.8. The third-order valence-electron chi connectivity index (χ3n) is 12.0. The summed E-state index contributed by atoms with van der Waals surface area (Å²) >= 11 is 0. The van der Waals surface area contributed by atoms with E-state index in [9.17, 15) is 4.79 Å². The molecule has 0 aliphatic heterocycles. The van der Waals surface area contributed by atoms with Gasteiger partial charge in [0.2, 0.25) is 0 Å². The lowest BCUT2D eigenvalue weighted by atomic mass is 10.00. The average molecular weight is 1370 g/mol. The molecule has 0 atom stereocenters. The highest BCUT2D eigenvalue weighted by Gasteiger charge is 2.17. The Hall–Kier alpha value is -3.93. The summed E-state index contributed by atoms with van der Waals surface area (Å²) in [6.07, 6.45) is 5.59. The maximum absolute atomic E-state index is 12.8. The number of ether oxygens (including phenoxy) is 28. The van der Waals surface area contributed by atoms with E-state index >= 15 is 0 Å². The summed E-state index contributed by atoms with van der Waals surface area (Å²) in [6, 6.07) is 10.3. The summed E-state index contributed by atoms with van der Waals surface area (Å²) < 4.78 is 153. The van der Waals surface area contributed by atoms with Crippen molar-refractivity contribution >= 4 is 5.97 Å². The van der Waals surface area contributed by atoms with Gasteiger partial charge in [-0.15, -0.1) is 6.42 Å². The molecule has 0 aromatic heterocycles. The van der Waals surface area contributed by atoms with Gasteiger partial charge < -0.3 is 133 Å². The number of carbonyl (C=O) groups is 1. The minimum atomic E-state index is -0.532. The lowest BCUT2D eigenvalue weighted by Crippen LogP contribution is -2.16. The molecule has 2 aromatic carbocycles.